The van der Waals surface area contributed by atoms with Crippen molar-refractivity contribution in [1.82, 2.24) is 9.97 Å². The van der Waals surface area contributed by atoms with E-state index in [0.29, 0.717) is 17.2 Å². The third-order valence-corrected chi connectivity index (χ3v) is 5.45. The molecule has 0 saturated carbocycles. The van der Waals surface area contributed by atoms with E-state index in [0.717, 1.165) is 26.7 Å². The van der Waals surface area contributed by atoms with E-state index < -0.39 is 5.63 Å². The first-order valence-corrected chi connectivity index (χ1v) is 8.82. The molecule has 4 rings (SSSR count). The number of aryl methyl sites for hydroxylation is 2. The summed E-state index contributed by atoms with van der Waals surface area (Å²) >= 11 is 1.61. The van der Waals surface area contributed by atoms with Crippen LogP contribution >= 0.6 is 11.3 Å². The predicted octanol–water partition coefficient (Wildman–Crippen LogP) is 4.00. The fourth-order valence-corrected chi connectivity index (χ4v) is 3.85. The molecule has 4 aromatic rings. The molecule has 26 heavy (non-hydrogen) atoms. The number of nitrogens with zero attached hydrogens (tertiary/aromatic N) is 2. The van der Waals surface area contributed by atoms with Crippen LogP contribution in [0, 0.1) is 13.8 Å². The van der Waals surface area contributed by atoms with Gasteiger partial charge in [0.25, 0.3) is 0 Å². The molecule has 3 heterocycles. The Kier molecular flexibility index (Phi) is 4.08. The average molecular weight is 368 g/mol. The molecule has 0 N–H and O–H groups in total. The highest BCUT2D eigenvalue weighted by Crippen LogP contribution is 2.34. The quantitative estimate of drug-likeness (QED) is 0.507. The van der Waals surface area contributed by atoms with Gasteiger partial charge in [-0.3, -0.25) is 0 Å². The number of hydrogen-bond donors (Lipinski definition) is 0. The maximum absolute atomic E-state index is 11.9. The van der Waals surface area contributed by atoms with Crippen molar-refractivity contribution in [2.75, 3.05) is 7.11 Å². The summed E-state index contributed by atoms with van der Waals surface area (Å²) in [5.41, 5.74) is 1.88. The lowest BCUT2D eigenvalue weighted by molar-refractivity contribution is 0.298. The van der Waals surface area contributed by atoms with Gasteiger partial charge in [0.2, 0.25) is 5.88 Å². The summed E-state index contributed by atoms with van der Waals surface area (Å²) in [4.78, 5) is 22.6. The van der Waals surface area contributed by atoms with Gasteiger partial charge in [-0.15, -0.1) is 11.3 Å². The highest BCUT2D eigenvalue weighted by Gasteiger charge is 2.14. The Hall–Kier alpha value is -2.93. The molecule has 0 atom stereocenters. The Labute approximate surface area is 153 Å². The van der Waals surface area contributed by atoms with E-state index in [1.54, 1.807) is 24.5 Å². The molecule has 0 radical (unpaired) electrons. The van der Waals surface area contributed by atoms with Gasteiger partial charge in [0.1, 0.15) is 29.1 Å². The average Bonchev–Trinajstić information content (AvgIpc) is 2.93. The number of thiophene rings is 1. The lowest BCUT2D eigenvalue weighted by Gasteiger charge is -2.09. The number of aromatic nitrogens is 2. The van der Waals surface area contributed by atoms with Crippen LogP contribution in [0.5, 0.6) is 11.6 Å². The minimum atomic E-state index is -0.431. The van der Waals surface area contributed by atoms with E-state index in [-0.39, 0.29) is 6.61 Å². The third-order valence-electron chi connectivity index (χ3n) is 4.33. The second kappa shape index (κ2) is 6.42. The predicted molar refractivity (Wildman–Crippen MR) is 100 cm³/mol. The van der Waals surface area contributed by atoms with Crippen molar-refractivity contribution in [3.8, 4) is 11.6 Å². The smallest absolute Gasteiger partial charge is 0.336 e. The van der Waals surface area contributed by atoms with E-state index in [2.05, 4.69) is 16.9 Å². The van der Waals surface area contributed by atoms with Crippen LogP contribution in [0.4, 0.5) is 0 Å². The summed E-state index contributed by atoms with van der Waals surface area (Å²) in [7, 11) is 1.57. The number of methoxy groups -OCH3 is 1. The van der Waals surface area contributed by atoms with Gasteiger partial charge < -0.3 is 13.9 Å². The number of ether oxygens (including phenoxy) is 2. The Morgan fingerprint density at radius 3 is 2.85 bits per heavy atom. The zero-order valence-electron chi connectivity index (χ0n) is 14.5. The van der Waals surface area contributed by atoms with Gasteiger partial charge in [-0.25, -0.2) is 14.8 Å². The summed E-state index contributed by atoms with van der Waals surface area (Å²) in [5.74, 6) is 1.15. The summed E-state index contributed by atoms with van der Waals surface area (Å²) in [5, 5.41) is 1.72. The molecule has 0 unspecified atom stereocenters. The summed E-state index contributed by atoms with van der Waals surface area (Å²) < 4.78 is 16.4. The lowest BCUT2D eigenvalue weighted by atomic mass is 10.1. The molecule has 0 saturated heterocycles. The van der Waals surface area contributed by atoms with E-state index in [9.17, 15) is 4.79 Å². The summed E-state index contributed by atoms with van der Waals surface area (Å²) in [6, 6.07) is 6.81. The van der Waals surface area contributed by atoms with E-state index in [1.807, 2.05) is 19.1 Å². The van der Waals surface area contributed by atoms with Crippen LogP contribution in [0.25, 0.3) is 21.2 Å². The van der Waals surface area contributed by atoms with Crippen molar-refractivity contribution in [3.05, 3.63) is 57.0 Å². The van der Waals surface area contributed by atoms with Gasteiger partial charge in [0.05, 0.1) is 12.5 Å². The molecule has 7 heteroatoms. The minimum absolute atomic E-state index is 0.203. The summed E-state index contributed by atoms with van der Waals surface area (Å²) in [6.45, 7) is 4.28. The van der Waals surface area contributed by atoms with Crippen molar-refractivity contribution in [2.24, 2.45) is 0 Å². The van der Waals surface area contributed by atoms with Gasteiger partial charge in [0, 0.05) is 28.0 Å². The standard InChI is InChI=1S/C19H16N2O4S/c1-10-11(2)26-19-17(10)18(20-9-21-19)24-8-12-6-16(22)25-15-7-13(23-3)4-5-14(12)15/h4-7,9H,8H2,1-3H3. The van der Waals surface area contributed by atoms with Gasteiger partial charge in [-0.05, 0) is 31.5 Å². The maximum Gasteiger partial charge on any atom is 0.336 e. The fraction of sp³-hybridized carbons (Fsp3) is 0.211. The monoisotopic (exact) mass is 368 g/mol. The Balaban J connectivity index is 1.74. The SMILES string of the molecule is COc1ccc2c(COc3ncnc4sc(C)c(C)c34)cc(=O)oc2c1. The van der Waals surface area contributed by atoms with Gasteiger partial charge in [-0.1, -0.05) is 0 Å². The Morgan fingerprint density at radius 1 is 1.19 bits per heavy atom. The van der Waals surface area contributed by atoms with E-state index in [4.69, 9.17) is 13.9 Å². The first kappa shape index (κ1) is 16.5. The van der Waals surface area contributed by atoms with Gasteiger partial charge >= 0.3 is 5.63 Å². The van der Waals surface area contributed by atoms with Crippen LogP contribution < -0.4 is 15.1 Å². The highest BCUT2D eigenvalue weighted by molar-refractivity contribution is 7.18. The number of fused-ring (bicyclic) bond motifs is 2. The zero-order valence-corrected chi connectivity index (χ0v) is 15.3. The van der Waals surface area contributed by atoms with Crippen molar-refractivity contribution in [3.63, 3.8) is 0 Å². The topological polar surface area (TPSA) is 74.5 Å². The van der Waals surface area contributed by atoms with Crippen molar-refractivity contribution in [1.29, 1.82) is 0 Å². The van der Waals surface area contributed by atoms with E-state index in [1.165, 1.54) is 17.3 Å². The molecule has 6 nitrogen and oxygen atoms in total. The second-order valence-electron chi connectivity index (χ2n) is 5.88. The molecule has 3 aromatic heterocycles. The highest BCUT2D eigenvalue weighted by atomic mass is 32.1. The third kappa shape index (κ3) is 2.80. The first-order valence-electron chi connectivity index (χ1n) is 8.01. The normalized spacial score (nSPS) is 11.2. The van der Waals surface area contributed by atoms with Crippen LogP contribution in [0.3, 0.4) is 0 Å². The van der Waals surface area contributed by atoms with Crippen molar-refractivity contribution >= 4 is 32.5 Å². The van der Waals surface area contributed by atoms with E-state index >= 15 is 0 Å². The first-order chi connectivity index (χ1) is 12.6. The number of benzene rings is 1. The largest absolute Gasteiger partial charge is 0.497 e. The fourth-order valence-electron chi connectivity index (χ4n) is 2.86. The van der Waals surface area contributed by atoms with Crippen LogP contribution in [-0.2, 0) is 6.61 Å². The number of rotatable bonds is 4. The lowest BCUT2D eigenvalue weighted by Crippen LogP contribution is -2.05. The van der Waals surface area contributed by atoms with Crippen LogP contribution in [0.15, 0.2) is 39.8 Å². The molecule has 0 aliphatic rings. The second-order valence-corrected chi connectivity index (χ2v) is 7.09. The molecule has 0 spiro atoms. The maximum atomic E-state index is 11.9. The molecule has 0 aliphatic heterocycles. The summed E-state index contributed by atoms with van der Waals surface area (Å²) in [6.07, 6.45) is 1.50. The van der Waals surface area contributed by atoms with Gasteiger partial charge in [0.15, 0.2) is 0 Å². The number of hydrogen-bond acceptors (Lipinski definition) is 7. The van der Waals surface area contributed by atoms with Gasteiger partial charge in [-0.2, -0.15) is 0 Å². The molecule has 0 fully saturated rings. The zero-order chi connectivity index (χ0) is 18.3. The molecule has 0 amide bonds. The molecule has 1 aromatic carbocycles. The molecular formula is C19H16N2O4S. The van der Waals surface area contributed by atoms with Crippen molar-refractivity contribution in [2.45, 2.75) is 20.5 Å². The van der Waals surface area contributed by atoms with Crippen molar-refractivity contribution < 1.29 is 13.9 Å². The van der Waals surface area contributed by atoms with Crippen LogP contribution in [0.2, 0.25) is 0 Å². The molecule has 132 valence electrons. The molecular weight excluding hydrogens is 352 g/mol. The minimum Gasteiger partial charge on any atom is -0.497 e. The Morgan fingerprint density at radius 2 is 2.04 bits per heavy atom. The molecule has 0 aliphatic carbocycles. The Bertz CT molecular complexity index is 1180. The van der Waals surface area contributed by atoms with Crippen LogP contribution in [0.1, 0.15) is 16.0 Å². The molecule has 0 bridgehead atoms. The van der Waals surface area contributed by atoms with Crippen LogP contribution in [-0.4, -0.2) is 17.1 Å².